The molecule has 0 bridgehead atoms. The van der Waals surface area contributed by atoms with Crippen LogP contribution in [0.4, 0.5) is 0 Å². The van der Waals surface area contributed by atoms with Gasteiger partial charge in [-0.05, 0) is 52.2 Å². The van der Waals surface area contributed by atoms with Crippen molar-refractivity contribution in [3.05, 3.63) is 30.1 Å². The number of hydrogen-bond donors (Lipinski definition) is 1. The maximum absolute atomic E-state index is 12.0. The Bertz CT molecular complexity index is 837. The number of aryl methyl sites for hydroxylation is 2. The van der Waals surface area contributed by atoms with Crippen LogP contribution in [0.25, 0.3) is 11.0 Å². The van der Waals surface area contributed by atoms with Crippen LogP contribution in [0.15, 0.2) is 29.3 Å². The van der Waals surface area contributed by atoms with E-state index in [9.17, 15) is 4.79 Å². The normalized spacial score (nSPS) is 15.7. The Balaban J connectivity index is 1.54. The quantitative estimate of drug-likeness (QED) is 0.335. The molecule has 1 aliphatic rings. The number of ether oxygens (including phenoxy) is 1. The Morgan fingerprint density at radius 2 is 2.03 bits per heavy atom. The Labute approximate surface area is 173 Å². The molecule has 0 spiro atoms. The van der Waals surface area contributed by atoms with Crippen molar-refractivity contribution < 1.29 is 9.53 Å². The first-order chi connectivity index (χ1) is 14.1. The first-order valence-corrected chi connectivity index (χ1v) is 10.8. The molecule has 3 rings (SSSR count). The van der Waals surface area contributed by atoms with Crippen LogP contribution < -0.4 is 5.32 Å². The molecule has 1 N–H and O–H groups in total. The maximum atomic E-state index is 12.0. The van der Waals surface area contributed by atoms with E-state index in [1.54, 1.807) is 0 Å². The fourth-order valence-corrected chi connectivity index (χ4v) is 3.90. The number of rotatable bonds is 7. The number of nitrogens with zero attached hydrogens (tertiary/aromatic N) is 4. The molecule has 1 aromatic heterocycles. The minimum Gasteiger partial charge on any atom is -0.466 e. The van der Waals surface area contributed by atoms with Crippen molar-refractivity contribution in [2.45, 2.75) is 46.6 Å². The second-order valence-electron chi connectivity index (χ2n) is 7.40. The molecule has 1 aliphatic heterocycles. The number of likely N-dealkylation sites (tertiary alicyclic amines) is 1. The lowest BCUT2D eigenvalue weighted by molar-refractivity contribution is -0.149. The van der Waals surface area contributed by atoms with Gasteiger partial charge in [-0.15, -0.1) is 0 Å². The predicted octanol–water partition coefficient (Wildman–Crippen LogP) is 2.98. The first kappa shape index (κ1) is 21.1. The zero-order valence-corrected chi connectivity index (χ0v) is 17.9. The first-order valence-electron chi connectivity index (χ1n) is 10.8. The minimum absolute atomic E-state index is 0.0200. The summed E-state index contributed by atoms with van der Waals surface area (Å²) < 4.78 is 7.44. The molecule has 1 aromatic carbocycles. The van der Waals surface area contributed by atoms with Gasteiger partial charge in [0.25, 0.3) is 0 Å². The number of aromatic nitrogens is 2. The number of guanidine groups is 1. The van der Waals surface area contributed by atoms with Crippen molar-refractivity contribution in [3.63, 3.8) is 0 Å². The summed E-state index contributed by atoms with van der Waals surface area (Å²) >= 11 is 0. The Morgan fingerprint density at radius 1 is 1.28 bits per heavy atom. The zero-order chi connectivity index (χ0) is 20.6. The fourth-order valence-electron chi connectivity index (χ4n) is 3.90. The van der Waals surface area contributed by atoms with Crippen molar-refractivity contribution in [1.29, 1.82) is 0 Å². The smallest absolute Gasteiger partial charge is 0.309 e. The molecule has 2 heterocycles. The third-order valence-electron chi connectivity index (χ3n) is 5.40. The zero-order valence-electron chi connectivity index (χ0n) is 17.9. The number of imidazole rings is 1. The van der Waals surface area contributed by atoms with Crippen molar-refractivity contribution >= 4 is 23.0 Å². The summed E-state index contributed by atoms with van der Waals surface area (Å²) in [5.41, 5.74) is 2.23. The molecule has 0 atom stereocenters. The Morgan fingerprint density at radius 3 is 2.76 bits per heavy atom. The van der Waals surface area contributed by atoms with Crippen molar-refractivity contribution in [2.75, 3.05) is 32.8 Å². The topological polar surface area (TPSA) is 71.8 Å². The molecule has 0 aliphatic carbocycles. The lowest BCUT2D eigenvalue weighted by atomic mass is 9.97. The molecule has 2 aromatic rings. The third-order valence-corrected chi connectivity index (χ3v) is 5.40. The summed E-state index contributed by atoms with van der Waals surface area (Å²) in [7, 11) is 0. The number of para-hydroxylation sites is 2. The van der Waals surface area contributed by atoms with Crippen molar-refractivity contribution in [2.24, 2.45) is 10.9 Å². The second-order valence-corrected chi connectivity index (χ2v) is 7.40. The van der Waals surface area contributed by atoms with Gasteiger partial charge in [-0.3, -0.25) is 9.79 Å². The summed E-state index contributed by atoms with van der Waals surface area (Å²) in [4.78, 5) is 23.7. The van der Waals surface area contributed by atoms with Crippen molar-refractivity contribution in [1.82, 2.24) is 19.8 Å². The highest BCUT2D eigenvalue weighted by Crippen LogP contribution is 2.19. The molecule has 0 saturated carbocycles. The molecule has 0 amide bonds. The molecule has 7 nitrogen and oxygen atoms in total. The van der Waals surface area contributed by atoms with Crippen LogP contribution >= 0.6 is 0 Å². The van der Waals surface area contributed by atoms with E-state index in [2.05, 4.69) is 51.8 Å². The molecule has 158 valence electrons. The number of aliphatic imine (C=N–C) groups is 1. The van der Waals surface area contributed by atoms with Crippen LogP contribution in [-0.4, -0.2) is 59.2 Å². The Hall–Kier alpha value is -2.57. The molecule has 0 unspecified atom stereocenters. The second kappa shape index (κ2) is 10.3. The van der Waals surface area contributed by atoms with Gasteiger partial charge in [0.1, 0.15) is 5.82 Å². The van der Waals surface area contributed by atoms with Crippen LogP contribution in [0, 0.1) is 12.8 Å². The average Bonchev–Trinajstić information content (AvgIpc) is 3.06. The molecule has 0 radical (unpaired) electrons. The average molecular weight is 400 g/mol. The third kappa shape index (κ3) is 5.28. The SMILES string of the molecule is CCNC(=NCCCn1c(C)nc2ccccc21)N1CCC(C(=O)OCC)CC1. The number of carbonyl (C=O) groups excluding carboxylic acids is 1. The van der Waals surface area contributed by atoms with Crippen molar-refractivity contribution in [3.8, 4) is 0 Å². The van der Waals surface area contributed by atoms with Gasteiger partial charge in [0, 0.05) is 32.7 Å². The lowest BCUT2D eigenvalue weighted by Crippen LogP contribution is -2.46. The van der Waals surface area contributed by atoms with E-state index in [4.69, 9.17) is 9.73 Å². The van der Waals surface area contributed by atoms with Crippen LogP contribution in [-0.2, 0) is 16.1 Å². The van der Waals surface area contributed by atoms with Gasteiger partial charge < -0.3 is 19.5 Å². The highest BCUT2D eigenvalue weighted by atomic mass is 16.5. The van der Waals surface area contributed by atoms with Crippen LogP contribution in [0.5, 0.6) is 0 Å². The summed E-state index contributed by atoms with van der Waals surface area (Å²) in [5.74, 6) is 1.95. The van der Waals surface area contributed by atoms with E-state index >= 15 is 0 Å². The summed E-state index contributed by atoms with van der Waals surface area (Å²) in [6.45, 7) is 10.6. The van der Waals surface area contributed by atoms with Crippen LogP contribution in [0.1, 0.15) is 38.9 Å². The highest BCUT2D eigenvalue weighted by Gasteiger charge is 2.27. The summed E-state index contributed by atoms with van der Waals surface area (Å²) in [6.07, 6.45) is 2.60. The monoisotopic (exact) mass is 399 g/mol. The van der Waals surface area contributed by atoms with E-state index in [0.717, 1.165) is 69.3 Å². The van der Waals surface area contributed by atoms with E-state index in [-0.39, 0.29) is 11.9 Å². The number of fused-ring (bicyclic) bond motifs is 1. The molecule has 1 fully saturated rings. The van der Waals surface area contributed by atoms with E-state index in [0.29, 0.717) is 6.61 Å². The molecule has 7 heteroatoms. The number of hydrogen-bond acceptors (Lipinski definition) is 4. The summed E-state index contributed by atoms with van der Waals surface area (Å²) in [6, 6.07) is 8.26. The predicted molar refractivity (Wildman–Crippen MR) is 116 cm³/mol. The van der Waals surface area contributed by atoms with Crippen LogP contribution in [0.2, 0.25) is 0 Å². The fraction of sp³-hybridized carbons (Fsp3) is 0.591. The van der Waals surface area contributed by atoms with E-state index in [1.807, 2.05) is 13.0 Å². The van der Waals surface area contributed by atoms with Crippen LogP contribution in [0.3, 0.4) is 0 Å². The van der Waals surface area contributed by atoms with Gasteiger partial charge in [0.05, 0.1) is 23.6 Å². The van der Waals surface area contributed by atoms with Gasteiger partial charge in [-0.2, -0.15) is 0 Å². The number of benzene rings is 1. The largest absolute Gasteiger partial charge is 0.466 e. The van der Waals surface area contributed by atoms with Gasteiger partial charge in [0.15, 0.2) is 5.96 Å². The van der Waals surface area contributed by atoms with E-state index < -0.39 is 0 Å². The maximum Gasteiger partial charge on any atom is 0.309 e. The highest BCUT2D eigenvalue weighted by molar-refractivity contribution is 5.80. The van der Waals surface area contributed by atoms with Gasteiger partial charge in [0.2, 0.25) is 0 Å². The van der Waals surface area contributed by atoms with Gasteiger partial charge in [-0.25, -0.2) is 4.98 Å². The minimum atomic E-state index is -0.0583. The molecule has 1 saturated heterocycles. The van der Waals surface area contributed by atoms with Gasteiger partial charge >= 0.3 is 5.97 Å². The Kier molecular flexibility index (Phi) is 7.49. The summed E-state index contributed by atoms with van der Waals surface area (Å²) in [5, 5.41) is 3.40. The molecular formula is C22H33N5O2. The van der Waals surface area contributed by atoms with Gasteiger partial charge in [-0.1, -0.05) is 12.1 Å². The number of carbonyl (C=O) groups is 1. The lowest BCUT2D eigenvalue weighted by Gasteiger charge is -2.33. The molecular weight excluding hydrogens is 366 g/mol. The standard InChI is InChI=1S/C22H33N5O2/c1-4-23-22(26-15-11-18(12-16-26)21(28)29-5-2)24-13-8-14-27-17(3)25-19-9-6-7-10-20(19)27/h6-7,9-10,18H,4-5,8,11-16H2,1-3H3,(H,23,24). The number of esters is 1. The molecule has 29 heavy (non-hydrogen) atoms. The number of piperidine rings is 1. The van der Waals surface area contributed by atoms with E-state index in [1.165, 1.54) is 5.52 Å². The number of nitrogens with one attached hydrogen (secondary N) is 1.